The molecule has 5 aromatic carbocycles. The zero-order chi connectivity index (χ0) is 49.6. The molecule has 0 amide bonds. The number of carbonyl (C=O) groups excluding carboxylic acids is 1. The van der Waals surface area contributed by atoms with Gasteiger partial charge in [0.1, 0.15) is 58.8 Å². The van der Waals surface area contributed by atoms with Gasteiger partial charge in [-0.2, -0.15) is 0 Å². The van der Waals surface area contributed by atoms with Crippen LogP contribution >= 0.6 is 0 Å². The Hall–Kier alpha value is -6.62. The summed E-state index contributed by atoms with van der Waals surface area (Å²) < 4.78 is 302. The number of hydrogen-bond donors (Lipinski definition) is 0. The fourth-order valence-electron chi connectivity index (χ4n) is 7.77. The Morgan fingerprint density at radius 2 is 0.701 bits per heavy atom. The molecule has 0 aliphatic heterocycles. The fourth-order valence-corrected chi connectivity index (χ4v) is 7.77. The molecule has 1 heterocycles. The van der Waals surface area contributed by atoms with E-state index in [1.54, 1.807) is 0 Å². The van der Waals surface area contributed by atoms with Crippen LogP contribution in [-0.2, 0) is 11.3 Å². The lowest BCUT2D eigenvalue weighted by Gasteiger charge is -2.44. The van der Waals surface area contributed by atoms with Crippen LogP contribution < -0.4 is 26.4 Å². The zero-order valence-corrected chi connectivity index (χ0v) is 32.9. The maximum atomic E-state index is 15.4. The van der Waals surface area contributed by atoms with E-state index in [1.807, 2.05) is 54.9 Å². The van der Waals surface area contributed by atoms with Gasteiger partial charge in [-0.3, -0.25) is 0 Å². The van der Waals surface area contributed by atoms with E-state index in [4.69, 9.17) is 4.74 Å². The van der Waals surface area contributed by atoms with Crippen molar-refractivity contribution in [2.24, 2.45) is 0 Å². The van der Waals surface area contributed by atoms with Gasteiger partial charge in [0.05, 0.1) is 5.56 Å². The van der Waals surface area contributed by atoms with E-state index in [1.165, 1.54) is 24.8 Å². The van der Waals surface area contributed by atoms with Gasteiger partial charge in [-0.1, -0.05) is 24.6 Å². The summed E-state index contributed by atoms with van der Waals surface area (Å²) in [6.07, 6.45) is 2.59. The summed E-state index contributed by atoms with van der Waals surface area (Å²) in [5, 5.41) is 0. The minimum Gasteiger partial charge on any atom is -0.459 e. The Bertz CT molecular complexity index is 2530. The minimum atomic E-state index is -7.22. The molecular formula is C43H22BF20NO2. The number of pyridine rings is 1. The van der Waals surface area contributed by atoms with Crippen LogP contribution in [0.15, 0.2) is 54.9 Å². The monoisotopic (exact) mass is 975 g/mol. The Morgan fingerprint density at radius 1 is 0.418 bits per heavy atom. The van der Waals surface area contributed by atoms with Crippen molar-refractivity contribution in [1.82, 2.24) is 0 Å². The Balaban J connectivity index is 0.000000279. The number of esters is 1. The van der Waals surface area contributed by atoms with Gasteiger partial charge in [-0.05, 0) is 37.8 Å². The molecule has 3 nitrogen and oxygen atoms in total. The molecule has 0 saturated heterocycles. The van der Waals surface area contributed by atoms with Crippen LogP contribution in [-0.4, -0.2) is 18.2 Å². The van der Waals surface area contributed by atoms with E-state index >= 15 is 35.1 Å². The van der Waals surface area contributed by atoms with Gasteiger partial charge in [-0.25, -0.2) is 97.2 Å². The van der Waals surface area contributed by atoms with Crippen molar-refractivity contribution in [3.8, 4) is 0 Å². The first kappa shape index (κ1) is 49.8. The van der Waals surface area contributed by atoms with Crippen LogP contribution in [0.25, 0.3) is 0 Å². The third-order valence-electron chi connectivity index (χ3n) is 10.9. The summed E-state index contributed by atoms with van der Waals surface area (Å²) in [7, 11) is 0. The van der Waals surface area contributed by atoms with Gasteiger partial charge >= 0.3 is 5.97 Å². The van der Waals surface area contributed by atoms with Gasteiger partial charge < -0.3 is 4.74 Å². The molecule has 1 aromatic heterocycles. The van der Waals surface area contributed by atoms with Crippen LogP contribution in [0.1, 0.15) is 48.0 Å². The largest absolute Gasteiger partial charge is 0.459 e. The second-order valence-electron chi connectivity index (χ2n) is 14.7. The number of hydrogen-bond acceptors (Lipinski definition) is 2. The number of nitrogens with zero attached hydrogens (tertiary/aromatic N) is 1. The summed E-state index contributed by atoms with van der Waals surface area (Å²) in [6, 6.07) is 13.7. The van der Waals surface area contributed by atoms with Crippen molar-refractivity contribution in [1.29, 1.82) is 0 Å². The Morgan fingerprint density at radius 3 is 1.00 bits per heavy atom. The lowest BCUT2D eigenvalue weighted by molar-refractivity contribution is -0.688. The zero-order valence-electron chi connectivity index (χ0n) is 32.9. The molecular weight excluding hydrogens is 953 g/mol. The molecule has 67 heavy (non-hydrogen) atoms. The molecule has 0 atom stereocenters. The summed E-state index contributed by atoms with van der Waals surface area (Å²) in [5.41, 5.74) is -12.5. The third kappa shape index (κ3) is 8.53. The van der Waals surface area contributed by atoms with Crippen LogP contribution in [0.5, 0.6) is 0 Å². The highest BCUT2D eigenvalue weighted by atomic mass is 19.2. The molecule has 354 valence electrons. The molecule has 0 bridgehead atoms. The molecule has 7 rings (SSSR count). The topological polar surface area (TPSA) is 30.2 Å². The molecule has 6 aromatic rings. The van der Waals surface area contributed by atoms with E-state index < -0.39 is 144 Å². The summed E-state index contributed by atoms with van der Waals surface area (Å²) in [4.78, 5) is 12.2. The van der Waals surface area contributed by atoms with Crippen molar-refractivity contribution >= 4 is 34.0 Å². The lowest BCUT2D eigenvalue weighted by atomic mass is 9.12. The van der Waals surface area contributed by atoms with E-state index in [0.29, 0.717) is 5.56 Å². The first-order valence-corrected chi connectivity index (χ1v) is 19.0. The van der Waals surface area contributed by atoms with Gasteiger partial charge in [0.15, 0.2) is 88.7 Å². The molecule has 0 spiro atoms. The van der Waals surface area contributed by atoms with Crippen molar-refractivity contribution in [3.05, 3.63) is 182 Å². The van der Waals surface area contributed by atoms with Gasteiger partial charge in [0, 0.05) is 17.7 Å². The van der Waals surface area contributed by atoms with Crippen LogP contribution in [0.3, 0.4) is 0 Å². The second-order valence-corrected chi connectivity index (χ2v) is 14.7. The van der Waals surface area contributed by atoms with Crippen LogP contribution in [0.4, 0.5) is 87.8 Å². The predicted octanol–water partition coefficient (Wildman–Crippen LogP) is 9.36. The van der Waals surface area contributed by atoms with Gasteiger partial charge in [-0.15, -0.1) is 21.9 Å². The van der Waals surface area contributed by atoms with Gasteiger partial charge in [0.25, 0.3) is 0 Å². The highest BCUT2D eigenvalue weighted by Crippen LogP contribution is 2.31. The van der Waals surface area contributed by atoms with E-state index in [0.717, 1.165) is 19.4 Å². The number of benzene rings is 5. The minimum absolute atomic E-state index is 0.112. The number of halogens is 20. The van der Waals surface area contributed by atoms with Crippen LogP contribution in [0.2, 0.25) is 0 Å². The second kappa shape index (κ2) is 19.3. The summed E-state index contributed by atoms with van der Waals surface area (Å²) in [6.45, 7) is 0.804. The number of ether oxygens (including phenoxy) is 1. The number of rotatable bonds is 8. The molecule has 1 fully saturated rings. The molecule has 1 aliphatic carbocycles. The van der Waals surface area contributed by atoms with Gasteiger partial charge in [0.2, 0.25) is 0 Å². The maximum Gasteiger partial charge on any atom is 0.338 e. The average Bonchev–Trinajstić information content (AvgIpc) is 3.32. The normalized spacial score (nSPS) is 13.1. The molecule has 1 saturated carbocycles. The maximum absolute atomic E-state index is 15.4. The van der Waals surface area contributed by atoms with Crippen molar-refractivity contribution < 1.29 is 102 Å². The fraction of sp³-hybridized carbons (Fsp3) is 0.163. The highest BCUT2D eigenvalue weighted by molar-refractivity contribution is 7.20. The molecule has 1 aliphatic rings. The SMILES string of the molecule is Fc1c(F)c(F)c([B-](c2c(F)c(F)c(F)c(F)c2F)(c2c(F)c(F)c(F)c(F)c2F)c2c(F)c(F)c(F)c(F)c2F)c(F)c1F.O=C(OC1CCCCC1)c1ccc(C[n+]2ccccc2)cc1. The summed E-state index contributed by atoms with van der Waals surface area (Å²) in [5.74, 6) is -71.6. The van der Waals surface area contributed by atoms with Crippen LogP contribution in [0, 0.1) is 116 Å². The van der Waals surface area contributed by atoms with E-state index in [2.05, 4.69) is 4.57 Å². The molecule has 0 radical (unpaired) electrons. The number of aromatic nitrogens is 1. The predicted molar refractivity (Wildman–Crippen MR) is 194 cm³/mol. The first-order chi connectivity index (χ1) is 31.5. The summed E-state index contributed by atoms with van der Waals surface area (Å²) >= 11 is 0. The van der Waals surface area contributed by atoms with Crippen molar-refractivity contribution in [3.63, 3.8) is 0 Å². The van der Waals surface area contributed by atoms with Crippen molar-refractivity contribution in [2.75, 3.05) is 0 Å². The highest BCUT2D eigenvalue weighted by Gasteiger charge is 2.52. The molecule has 24 heteroatoms. The first-order valence-electron chi connectivity index (χ1n) is 19.0. The van der Waals surface area contributed by atoms with E-state index in [9.17, 15) is 57.5 Å². The standard InChI is InChI=1S/C24BF20.C19H22NO2/c26-5-1(6(27)14(35)21(42)13(5)34)25(2-7(28)15(36)22(43)16(37)8(2)29,3-9(30)17(38)23(44)18(39)10(3)31)4-11(32)19(40)24(45)20(41)12(4)33;21-19(22-18-7-3-1-4-8-18)17-11-9-16(10-12-17)15-20-13-5-2-6-14-20/h;2,5-6,9-14,18H,1,3-4,7-8,15H2/q-1;+1. The molecule has 0 unspecified atom stereocenters. The Kier molecular flexibility index (Phi) is 14.4. The van der Waals surface area contributed by atoms with Crippen molar-refractivity contribution in [2.45, 2.75) is 44.8 Å². The van der Waals surface area contributed by atoms with E-state index in [-0.39, 0.29) is 12.1 Å². The average molecular weight is 975 g/mol. The Labute approximate surface area is 362 Å². The molecule has 0 N–H and O–H groups in total. The third-order valence-corrected chi connectivity index (χ3v) is 10.9. The lowest BCUT2D eigenvalue weighted by Crippen LogP contribution is -2.81. The number of carbonyl (C=O) groups is 1. The smallest absolute Gasteiger partial charge is 0.338 e. The quantitative estimate of drug-likeness (QED) is 0.0381.